The molecule has 0 bridgehead atoms. The van der Waals surface area contributed by atoms with E-state index in [1.165, 1.54) is 0 Å². The number of pyridine rings is 1. The molecule has 0 aliphatic rings. The van der Waals surface area contributed by atoms with Crippen molar-refractivity contribution in [3.63, 3.8) is 0 Å². The topological polar surface area (TPSA) is 84.2 Å². The fourth-order valence-electron chi connectivity index (χ4n) is 4.90. The van der Waals surface area contributed by atoms with E-state index in [1.54, 1.807) is 30.5 Å². The van der Waals surface area contributed by atoms with Gasteiger partial charge in [0.15, 0.2) is 0 Å². The predicted molar refractivity (Wildman–Crippen MR) is 154 cm³/mol. The molecule has 1 atom stereocenters. The molecule has 6 nitrogen and oxygen atoms in total. The Labute approximate surface area is 231 Å². The molecule has 3 aromatic carbocycles. The summed E-state index contributed by atoms with van der Waals surface area (Å²) in [5.74, 6) is -1.11. The van der Waals surface area contributed by atoms with E-state index >= 15 is 0 Å². The first-order valence-corrected chi connectivity index (χ1v) is 13.0. The molecular weight excluding hydrogens is 510 g/mol. The van der Waals surface area contributed by atoms with Gasteiger partial charge in [-0.2, -0.15) is 0 Å². The number of carbonyl (C=O) groups is 2. The van der Waals surface area contributed by atoms with Gasteiger partial charge < -0.3 is 15.0 Å². The molecule has 0 saturated carbocycles. The molecule has 2 aromatic heterocycles. The lowest BCUT2D eigenvalue weighted by Gasteiger charge is -2.14. The number of carbonyl (C=O) groups excluding carboxylic acids is 1. The first-order valence-electron chi connectivity index (χ1n) is 12.7. The minimum absolute atomic E-state index is 0.173. The number of aromatic nitrogens is 2. The van der Waals surface area contributed by atoms with Crippen LogP contribution in [0.4, 0.5) is 0 Å². The molecule has 39 heavy (non-hydrogen) atoms. The molecule has 1 unspecified atom stereocenters. The third-order valence-electron chi connectivity index (χ3n) is 7.20. The van der Waals surface area contributed by atoms with Gasteiger partial charge in [0, 0.05) is 39.9 Å². The Morgan fingerprint density at radius 1 is 1.00 bits per heavy atom. The Hall–Kier alpha value is -4.42. The van der Waals surface area contributed by atoms with Crippen LogP contribution in [0.15, 0.2) is 85.1 Å². The number of hydrogen-bond acceptors (Lipinski definition) is 3. The second-order valence-electron chi connectivity index (χ2n) is 9.67. The highest BCUT2D eigenvalue weighted by Gasteiger charge is 2.17. The molecule has 0 spiro atoms. The Morgan fingerprint density at radius 2 is 1.74 bits per heavy atom. The zero-order valence-electron chi connectivity index (χ0n) is 21.9. The molecule has 2 heterocycles. The molecule has 0 saturated heterocycles. The summed E-state index contributed by atoms with van der Waals surface area (Å²) in [5, 5.41) is 14.2. The van der Waals surface area contributed by atoms with Crippen molar-refractivity contribution in [1.29, 1.82) is 0 Å². The van der Waals surface area contributed by atoms with Gasteiger partial charge >= 0.3 is 5.97 Å². The van der Waals surface area contributed by atoms with E-state index in [1.807, 2.05) is 61.5 Å². The number of amides is 1. The van der Waals surface area contributed by atoms with Crippen LogP contribution in [-0.4, -0.2) is 26.5 Å². The van der Waals surface area contributed by atoms with Crippen molar-refractivity contribution in [3.05, 3.63) is 124 Å². The van der Waals surface area contributed by atoms with Gasteiger partial charge in [-0.3, -0.25) is 9.78 Å². The van der Waals surface area contributed by atoms with Crippen LogP contribution in [0.5, 0.6) is 0 Å². The van der Waals surface area contributed by atoms with Gasteiger partial charge in [0.25, 0.3) is 5.91 Å². The first-order chi connectivity index (χ1) is 18.7. The Morgan fingerprint density at radius 3 is 2.46 bits per heavy atom. The highest BCUT2D eigenvalue weighted by molar-refractivity contribution is 6.30. The summed E-state index contributed by atoms with van der Waals surface area (Å²) in [6.45, 7) is 6.69. The lowest BCUT2D eigenvalue weighted by molar-refractivity contribution is 0.0697. The fraction of sp³-hybridized carbons (Fsp3) is 0.156. The Balaban J connectivity index is 1.39. The molecule has 0 aliphatic carbocycles. The van der Waals surface area contributed by atoms with E-state index in [9.17, 15) is 14.7 Å². The Bertz CT molecular complexity index is 1710. The van der Waals surface area contributed by atoms with Crippen molar-refractivity contribution in [1.82, 2.24) is 14.9 Å². The average molecular weight is 538 g/mol. The summed E-state index contributed by atoms with van der Waals surface area (Å²) in [4.78, 5) is 29.0. The van der Waals surface area contributed by atoms with E-state index in [0.29, 0.717) is 28.4 Å². The molecule has 0 fully saturated rings. The van der Waals surface area contributed by atoms with Crippen LogP contribution in [0.3, 0.4) is 0 Å². The molecule has 5 rings (SSSR count). The summed E-state index contributed by atoms with van der Waals surface area (Å²) in [5.41, 5.74) is 7.51. The molecule has 2 N–H and O–H groups in total. The summed E-state index contributed by atoms with van der Waals surface area (Å²) >= 11 is 6.08. The number of hydrogen-bond donors (Lipinski definition) is 2. The van der Waals surface area contributed by atoms with Gasteiger partial charge in [-0.05, 0) is 79.4 Å². The number of fused-ring (bicyclic) bond motifs is 1. The first kappa shape index (κ1) is 26.2. The van der Waals surface area contributed by atoms with Crippen molar-refractivity contribution in [2.24, 2.45) is 0 Å². The van der Waals surface area contributed by atoms with Crippen molar-refractivity contribution < 1.29 is 14.7 Å². The summed E-state index contributed by atoms with van der Waals surface area (Å²) in [6.07, 6.45) is 1.63. The molecular formula is C32H28ClN3O3. The second-order valence-corrected chi connectivity index (χ2v) is 10.1. The fourth-order valence-corrected chi connectivity index (χ4v) is 5.07. The third-order valence-corrected chi connectivity index (χ3v) is 7.43. The Kier molecular flexibility index (Phi) is 7.22. The number of aromatic carboxylic acids is 1. The van der Waals surface area contributed by atoms with E-state index in [0.717, 1.165) is 33.3 Å². The molecule has 7 heteroatoms. The molecule has 1 amide bonds. The van der Waals surface area contributed by atoms with Gasteiger partial charge in [-0.1, -0.05) is 54.1 Å². The molecule has 0 aliphatic heterocycles. The van der Waals surface area contributed by atoms with E-state index in [-0.39, 0.29) is 17.5 Å². The predicted octanol–water partition coefficient (Wildman–Crippen LogP) is 7.21. The quantitative estimate of drug-likeness (QED) is 0.230. The largest absolute Gasteiger partial charge is 0.478 e. The van der Waals surface area contributed by atoms with Crippen LogP contribution in [0, 0.1) is 13.8 Å². The van der Waals surface area contributed by atoms with Crippen LogP contribution in [-0.2, 0) is 6.54 Å². The van der Waals surface area contributed by atoms with Crippen LogP contribution < -0.4 is 5.32 Å². The monoisotopic (exact) mass is 537 g/mol. The van der Waals surface area contributed by atoms with Crippen molar-refractivity contribution in [2.45, 2.75) is 33.4 Å². The number of nitrogens with zero attached hydrogens (tertiary/aromatic N) is 2. The molecule has 0 radical (unpaired) electrons. The van der Waals surface area contributed by atoms with E-state index in [4.69, 9.17) is 11.6 Å². The normalized spacial score (nSPS) is 11.9. The van der Waals surface area contributed by atoms with Crippen LogP contribution in [0.2, 0.25) is 5.02 Å². The maximum Gasteiger partial charge on any atom is 0.336 e. The van der Waals surface area contributed by atoms with Gasteiger partial charge in [0.05, 0.1) is 17.3 Å². The third kappa shape index (κ3) is 5.29. The average Bonchev–Trinajstić information content (AvgIpc) is 3.17. The zero-order chi connectivity index (χ0) is 27.7. The number of nitrogens with one attached hydrogen (secondary N) is 1. The highest BCUT2D eigenvalue weighted by Crippen LogP contribution is 2.29. The minimum Gasteiger partial charge on any atom is -0.478 e. The van der Waals surface area contributed by atoms with E-state index in [2.05, 4.69) is 28.7 Å². The SMILES string of the molecule is Cc1c(C)n(Cc2ccc(-c3ccccc3C(=O)O)cc2)c2ccc(C(=O)NC(C)c3cc(Cl)ccn3)cc12. The summed E-state index contributed by atoms with van der Waals surface area (Å²) < 4.78 is 2.24. The van der Waals surface area contributed by atoms with Crippen molar-refractivity contribution in [2.75, 3.05) is 0 Å². The minimum atomic E-state index is -0.941. The highest BCUT2D eigenvalue weighted by atomic mass is 35.5. The maximum absolute atomic E-state index is 13.1. The lowest BCUT2D eigenvalue weighted by atomic mass is 9.99. The van der Waals surface area contributed by atoms with E-state index < -0.39 is 5.97 Å². The number of benzene rings is 3. The summed E-state index contributed by atoms with van der Waals surface area (Å²) in [6, 6.07) is 23.9. The van der Waals surface area contributed by atoms with Crippen LogP contribution in [0.1, 0.15) is 56.2 Å². The lowest BCUT2D eigenvalue weighted by Crippen LogP contribution is -2.27. The van der Waals surface area contributed by atoms with Gasteiger partial charge in [-0.15, -0.1) is 0 Å². The number of aryl methyl sites for hydroxylation is 1. The molecule has 5 aromatic rings. The second kappa shape index (κ2) is 10.8. The maximum atomic E-state index is 13.1. The van der Waals surface area contributed by atoms with Gasteiger partial charge in [0.1, 0.15) is 0 Å². The van der Waals surface area contributed by atoms with Crippen LogP contribution >= 0.6 is 11.6 Å². The number of rotatable bonds is 7. The number of carboxylic acid groups (broad SMARTS) is 1. The van der Waals surface area contributed by atoms with Crippen LogP contribution in [0.25, 0.3) is 22.0 Å². The zero-order valence-corrected chi connectivity index (χ0v) is 22.7. The summed E-state index contributed by atoms with van der Waals surface area (Å²) in [7, 11) is 0. The number of carboxylic acids is 1. The number of halogens is 1. The van der Waals surface area contributed by atoms with Crippen molar-refractivity contribution in [3.8, 4) is 11.1 Å². The van der Waals surface area contributed by atoms with Gasteiger partial charge in [-0.25, -0.2) is 4.79 Å². The van der Waals surface area contributed by atoms with Crippen molar-refractivity contribution >= 4 is 34.4 Å². The standard InChI is InChI=1S/C32H28ClN3O3/c1-19-21(3)36(18-22-8-10-23(11-9-22)26-6-4-5-7-27(26)32(38)39)30-13-12-24(16-28(19)30)31(37)35-20(2)29-17-25(33)14-15-34-29/h4-17,20H,18H2,1-3H3,(H,35,37)(H,38,39). The molecule has 196 valence electrons. The van der Waals surface area contributed by atoms with Gasteiger partial charge in [0.2, 0.25) is 0 Å². The smallest absolute Gasteiger partial charge is 0.336 e.